The summed E-state index contributed by atoms with van der Waals surface area (Å²) in [6.45, 7) is 0.524. The third-order valence-electron chi connectivity index (χ3n) is 3.58. The van der Waals surface area contributed by atoms with Crippen molar-refractivity contribution in [3.63, 3.8) is 0 Å². The van der Waals surface area contributed by atoms with Gasteiger partial charge in [0.15, 0.2) is 0 Å². The second-order valence-corrected chi connectivity index (χ2v) is 4.83. The fraction of sp³-hybridized carbons (Fsp3) is 0.400. The molecule has 1 aromatic heterocycles. The molecule has 1 aliphatic rings. The van der Waals surface area contributed by atoms with Gasteiger partial charge in [0.1, 0.15) is 12.4 Å². The zero-order chi connectivity index (χ0) is 13.1. The largest absolute Gasteiger partial charge is 0.470 e. The van der Waals surface area contributed by atoms with Crippen LogP contribution in [0.3, 0.4) is 0 Å². The van der Waals surface area contributed by atoms with Gasteiger partial charge in [-0.05, 0) is 30.6 Å². The van der Waals surface area contributed by atoms with Crippen LogP contribution < -0.4 is 10.1 Å². The fourth-order valence-electron chi connectivity index (χ4n) is 2.57. The molecule has 100 valence electrons. The van der Waals surface area contributed by atoms with Gasteiger partial charge in [0, 0.05) is 12.5 Å². The summed E-state index contributed by atoms with van der Waals surface area (Å²) in [5, 5.41) is 7.38. The monoisotopic (exact) mass is 258 g/mol. The number of nitrogens with zero attached hydrogens (tertiary/aromatic N) is 1. The van der Waals surface area contributed by atoms with Gasteiger partial charge in [-0.1, -0.05) is 30.3 Å². The number of hydrogen-bond donors (Lipinski definition) is 1. The quantitative estimate of drug-likeness (QED) is 0.916. The highest BCUT2D eigenvalue weighted by Gasteiger charge is 2.28. The number of fused-ring (bicyclic) bond motifs is 1. The SMILES string of the molecule is CN[C@@H]1CCCc2onc(OCc3ccccc3)c21. The second kappa shape index (κ2) is 5.45. The summed E-state index contributed by atoms with van der Waals surface area (Å²) in [5.74, 6) is 1.60. The molecule has 2 aromatic rings. The summed E-state index contributed by atoms with van der Waals surface area (Å²) >= 11 is 0. The van der Waals surface area contributed by atoms with E-state index in [0.717, 1.165) is 36.1 Å². The average molecular weight is 258 g/mol. The van der Waals surface area contributed by atoms with Crippen LogP contribution in [0, 0.1) is 0 Å². The first-order chi connectivity index (χ1) is 9.38. The Labute approximate surface area is 112 Å². The Bertz CT molecular complexity index is 536. The van der Waals surface area contributed by atoms with E-state index in [1.165, 1.54) is 0 Å². The molecular formula is C15H18N2O2. The molecule has 1 atom stereocenters. The van der Waals surface area contributed by atoms with Gasteiger partial charge in [0.05, 0.1) is 5.56 Å². The van der Waals surface area contributed by atoms with Crippen molar-refractivity contribution in [1.29, 1.82) is 0 Å². The van der Waals surface area contributed by atoms with Gasteiger partial charge in [0.25, 0.3) is 5.88 Å². The van der Waals surface area contributed by atoms with Crippen molar-refractivity contribution >= 4 is 0 Å². The third kappa shape index (κ3) is 2.49. The van der Waals surface area contributed by atoms with Crippen molar-refractivity contribution in [2.45, 2.75) is 31.9 Å². The lowest BCUT2D eigenvalue weighted by Gasteiger charge is -2.20. The van der Waals surface area contributed by atoms with Crippen molar-refractivity contribution in [1.82, 2.24) is 10.5 Å². The molecule has 0 radical (unpaired) electrons. The summed E-state index contributed by atoms with van der Waals surface area (Å²) in [5.41, 5.74) is 2.24. The molecule has 0 aliphatic heterocycles. The molecule has 1 heterocycles. The second-order valence-electron chi connectivity index (χ2n) is 4.83. The molecule has 1 aromatic carbocycles. The maximum atomic E-state index is 5.82. The Balaban J connectivity index is 1.77. The van der Waals surface area contributed by atoms with E-state index in [0.29, 0.717) is 18.5 Å². The van der Waals surface area contributed by atoms with Crippen LogP contribution in [0.15, 0.2) is 34.9 Å². The van der Waals surface area contributed by atoms with Gasteiger partial charge in [-0.25, -0.2) is 0 Å². The molecule has 0 bridgehead atoms. The first-order valence-corrected chi connectivity index (χ1v) is 6.71. The summed E-state index contributed by atoms with van der Waals surface area (Å²) in [6, 6.07) is 10.4. The molecule has 0 spiro atoms. The summed E-state index contributed by atoms with van der Waals surface area (Å²) in [4.78, 5) is 0. The van der Waals surface area contributed by atoms with E-state index in [9.17, 15) is 0 Å². The van der Waals surface area contributed by atoms with Crippen molar-refractivity contribution in [2.75, 3.05) is 7.05 Å². The first-order valence-electron chi connectivity index (χ1n) is 6.71. The van der Waals surface area contributed by atoms with Crippen LogP contribution >= 0.6 is 0 Å². The van der Waals surface area contributed by atoms with Gasteiger partial charge in [-0.2, -0.15) is 0 Å². The van der Waals surface area contributed by atoms with E-state index >= 15 is 0 Å². The first kappa shape index (κ1) is 12.2. The highest BCUT2D eigenvalue weighted by Crippen LogP contribution is 2.36. The lowest BCUT2D eigenvalue weighted by Crippen LogP contribution is -2.21. The summed E-state index contributed by atoms with van der Waals surface area (Å²) in [7, 11) is 1.97. The Morgan fingerprint density at radius 3 is 3.00 bits per heavy atom. The van der Waals surface area contributed by atoms with Crippen molar-refractivity contribution in [3.8, 4) is 5.88 Å². The molecule has 0 fully saturated rings. The van der Waals surface area contributed by atoms with E-state index < -0.39 is 0 Å². The van der Waals surface area contributed by atoms with E-state index in [4.69, 9.17) is 9.26 Å². The third-order valence-corrected chi connectivity index (χ3v) is 3.58. The van der Waals surface area contributed by atoms with E-state index in [1.54, 1.807) is 0 Å². The minimum atomic E-state index is 0.292. The maximum Gasteiger partial charge on any atom is 0.259 e. The molecule has 0 unspecified atom stereocenters. The minimum absolute atomic E-state index is 0.292. The zero-order valence-electron chi connectivity index (χ0n) is 11.1. The van der Waals surface area contributed by atoms with Crippen molar-refractivity contribution in [3.05, 3.63) is 47.2 Å². The number of hydrogen-bond acceptors (Lipinski definition) is 4. The highest BCUT2D eigenvalue weighted by atomic mass is 16.5. The van der Waals surface area contributed by atoms with Crippen LogP contribution in [0.4, 0.5) is 0 Å². The fourth-order valence-corrected chi connectivity index (χ4v) is 2.57. The smallest absolute Gasteiger partial charge is 0.259 e. The van der Waals surface area contributed by atoms with Gasteiger partial charge >= 0.3 is 0 Å². The zero-order valence-corrected chi connectivity index (χ0v) is 11.1. The molecule has 4 nitrogen and oxygen atoms in total. The van der Waals surface area contributed by atoms with Gasteiger partial charge in [0.2, 0.25) is 0 Å². The molecule has 1 N–H and O–H groups in total. The molecule has 0 amide bonds. The summed E-state index contributed by atoms with van der Waals surface area (Å²) in [6.07, 6.45) is 3.19. The predicted octanol–water partition coefficient (Wildman–Crippen LogP) is 2.85. The van der Waals surface area contributed by atoms with Crippen molar-refractivity contribution in [2.24, 2.45) is 0 Å². The Kier molecular flexibility index (Phi) is 3.51. The average Bonchev–Trinajstić information content (AvgIpc) is 2.89. The minimum Gasteiger partial charge on any atom is -0.470 e. The van der Waals surface area contributed by atoms with Crippen LogP contribution in [0.25, 0.3) is 0 Å². The van der Waals surface area contributed by atoms with E-state index in [1.807, 2.05) is 37.4 Å². The molecule has 1 aliphatic carbocycles. The Hall–Kier alpha value is -1.81. The molecule has 3 rings (SSSR count). The Morgan fingerprint density at radius 2 is 2.21 bits per heavy atom. The van der Waals surface area contributed by atoms with Crippen LogP contribution in [0.1, 0.15) is 35.8 Å². The van der Waals surface area contributed by atoms with Gasteiger partial charge < -0.3 is 14.6 Å². The number of aryl methyl sites for hydroxylation is 1. The lowest BCUT2D eigenvalue weighted by molar-refractivity contribution is 0.265. The number of aromatic nitrogens is 1. The summed E-state index contributed by atoms with van der Waals surface area (Å²) < 4.78 is 11.2. The molecular weight excluding hydrogens is 240 g/mol. The molecule has 19 heavy (non-hydrogen) atoms. The number of rotatable bonds is 4. The van der Waals surface area contributed by atoms with Crippen LogP contribution in [-0.4, -0.2) is 12.2 Å². The molecule has 0 saturated heterocycles. The number of nitrogens with one attached hydrogen (secondary N) is 1. The highest BCUT2D eigenvalue weighted by molar-refractivity contribution is 5.34. The normalized spacial score (nSPS) is 18.1. The lowest BCUT2D eigenvalue weighted by atomic mass is 9.93. The Morgan fingerprint density at radius 1 is 1.37 bits per heavy atom. The van der Waals surface area contributed by atoms with Gasteiger partial charge in [-0.15, -0.1) is 0 Å². The molecule has 4 heteroatoms. The van der Waals surface area contributed by atoms with E-state index in [-0.39, 0.29) is 0 Å². The van der Waals surface area contributed by atoms with Gasteiger partial charge in [-0.3, -0.25) is 0 Å². The topological polar surface area (TPSA) is 47.3 Å². The maximum absolute atomic E-state index is 5.82. The van der Waals surface area contributed by atoms with Crippen LogP contribution in [0.5, 0.6) is 5.88 Å². The number of ether oxygens (including phenoxy) is 1. The van der Waals surface area contributed by atoms with Crippen LogP contribution in [-0.2, 0) is 13.0 Å². The van der Waals surface area contributed by atoms with Crippen molar-refractivity contribution < 1.29 is 9.26 Å². The standard InChI is InChI=1S/C15H18N2O2/c1-16-12-8-5-9-13-14(12)15(17-19-13)18-10-11-6-3-2-4-7-11/h2-4,6-7,12,16H,5,8-10H2,1H3/t12-/m1/s1. The predicted molar refractivity (Wildman–Crippen MR) is 72.0 cm³/mol. The van der Waals surface area contributed by atoms with Crippen LogP contribution in [0.2, 0.25) is 0 Å². The molecule has 0 saturated carbocycles. The number of benzene rings is 1. The van der Waals surface area contributed by atoms with E-state index in [2.05, 4.69) is 10.5 Å².